The van der Waals surface area contributed by atoms with Crippen molar-refractivity contribution in [3.8, 4) is 5.75 Å². The van der Waals surface area contributed by atoms with E-state index in [1.165, 1.54) is 18.4 Å². The van der Waals surface area contributed by atoms with Crippen LogP contribution in [0.25, 0.3) is 0 Å². The molecule has 26 heavy (non-hydrogen) atoms. The van der Waals surface area contributed by atoms with Gasteiger partial charge in [0.25, 0.3) is 0 Å². The maximum absolute atomic E-state index is 5.93. The van der Waals surface area contributed by atoms with E-state index in [4.69, 9.17) is 14.5 Å². The lowest BCUT2D eigenvalue weighted by Crippen LogP contribution is -2.47. The molecule has 5 heteroatoms. The van der Waals surface area contributed by atoms with Gasteiger partial charge in [-0.05, 0) is 56.2 Å². The van der Waals surface area contributed by atoms with Gasteiger partial charge >= 0.3 is 0 Å². The lowest BCUT2D eigenvalue weighted by Gasteiger charge is -2.22. The Bertz CT molecular complexity index is 585. The van der Waals surface area contributed by atoms with Crippen molar-refractivity contribution in [2.75, 3.05) is 19.7 Å². The van der Waals surface area contributed by atoms with Crippen molar-refractivity contribution in [3.63, 3.8) is 0 Å². The molecule has 2 aliphatic rings. The average molecular weight is 360 g/mol. The first-order valence-corrected chi connectivity index (χ1v) is 10.1. The molecule has 2 N–H and O–H groups in total. The van der Waals surface area contributed by atoms with E-state index in [1.54, 1.807) is 0 Å². The molecule has 0 aromatic heterocycles. The molecule has 2 bridgehead atoms. The lowest BCUT2D eigenvalue weighted by molar-refractivity contribution is 0.0992. The number of benzene rings is 1. The SMILES string of the molecule is CCNC(=NCCc1ccc(OCC(C)C)cc1)NC1CC2CCC1O2. The zero-order valence-electron chi connectivity index (χ0n) is 16.3. The van der Waals surface area contributed by atoms with Crippen LogP contribution >= 0.6 is 0 Å². The number of nitrogens with one attached hydrogen (secondary N) is 2. The average Bonchev–Trinajstić information content (AvgIpc) is 3.24. The smallest absolute Gasteiger partial charge is 0.191 e. The summed E-state index contributed by atoms with van der Waals surface area (Å²) >= 11 is 0. The summed E-state index contributed by atoms with van der Waals surface area (Å²) in [6.45, 7) is 8.81. The van der Waals surface area contributed by atoms with Crippen molar-refractivity contribution in [1.29, 1.82) is 0 Å². The summed E-state index contributed by atoms with van der Waals surface area (Å²) < 4.78 is 11.7. The van der Waals surface area contributed by atoms with Gasteiger partial charge in [0.15, 0.2) is 5.96 Å². The molecule has 2 heterocycles. The zero-order chi connectivity index (χ0) is 18.4. The standard InChI is InChI=1S/C21H33N3O2/c1-4-22-21(24-19-13-18-9-10-20(19)26-18)23-12-11-16-5-7-17(8-6-16)25-14-15(2)3/h5-8,15,18-20H,4,9-14H2,1-3H3,(H2,22,23,24). The molecular weight excluding hydrogens is 326 g/mol. The molecule has 3 unspecified atom stereocenters. The van der Waals surface area contributed by atoms with Crippen molar-refractivity contribution < 1.29 is 9.47 Å². The van der Waals surface area contributed by atoms with Crippen LogP contribution in [-0.4, -0.2) is 43.9 Å². The fourth-order valence-corrected chi connectivity index (χ4v) is 3.60. The van der Waals surface area contributed by atoms with E-state index < -0.39 is 0 Å². The van der Waals surface area contributed by atoms with Crippen LogP contribution in [-0.2, 0) is 11.2 Å². The van der Waals surface area contributed by atoms with Gasteiger partial charge in [0, 0.05) is 13.1 Å². The van der Waals surface area contributed by atoms with Crippen LogP contribution in [0.4, 0.5) is 0 Å². The summed E-state index contributed by atoms with van der Waals surface area (Å²) in [4.78, 5) is 4.75. The van der Waals surface area contributed by atoms with E-state index in [0.29, 0.717) is 24.2 Å². The van der Waals surface area contributed by atoms with Crippen LogP contribution in [0, 0.1) is 5.92 Å². The molecule has 5 nitrogen and oxygen atoms in total. The minimum Gasteiger partial charge on any atom is -0.493 e. The summed E-state index contributed by atoms with van der Waals surface area (Å²) in [5, 5.41) is 6.92. The fourth-order valence-electron chi connectivity index (χ4n) is 3.60. The molecule has 0 spiro atoms. The van der Waals surface area contributed by atoms with Crippen molar-refractivity contribution in [2.45, 2.75) is 64.7 Å². The molecular formula is C21H33N3O2. The first-order valence-electron chi connectivity index (χ1n) is 10.1. The van der Waals surface area contributed by atoms with Gasteiger partial charge in [-0.3, -0.25) is 4.99 Å². The second-order valence-electron chi connectivity index (χ2n) is 7.72. The highest BCUT2D eigenvalue weighted by molar-refractivity contribution is 5.80. The second-order valence-corrected chi connectivity index (χ2v) is 7.72. The molecule has 0 saturated carbocycles. The third-order valence-electron chi connectivity index (χ3n) is 4.95. The van der Waals surface area contributed by atoms with Gasteiger partial charge in [0.05, 0.1) is 24.9 Å². The van der Waals surface area contributed by atoms with Crippen molar-refractivity contribution in [2.24, 2.45) is 10.9 Å². The number of aliphatic imine (C=N–C) groups is 1. The molecule has 3 rings (SSSR count). The van der Waals surface area contributed by atoms with Crippen LogP contribution in [0.15, 0.2) is 29.3 Å². The summed E-state index contributed by atoms with van der Waals surface area (Å²) in [7, 11) is 0. The largest absolute Gasteiger partial charge is 0.493 e. The highest BCUT2D eigenvalue weighted by atomic mass is 16.5. The molecule has 3 atom stereocenters. The van der Waals surface area contributed by atoms with Crippen LogP contribution in [0.2, 0.25) is 0 Å². The topological polar surface area (TPSA) is 54.9 Å². The number of nitrogens with zero attached hydrogens (tertiary/aromatic N) is 1. The number of ether oxygens (including phenoxy) is 2. The van der Waals surface area contributed by atoms with Gasteiger partial charge in [0.2, 0.25) is 0 Å². The number of hydrogen-bond acceptors (Lipinski definition) is 3. The predicted octanol–water partition coefficient (Wildman–Crippen LogP) is 3.14. The second kappa shape index (κ2) is 9.26. The monoisotopic (exact) mass is 359 g/mol. The Balaban J connectivity index is 1.47. The third-order valence-corrected chi connectivity index (χ3v) is 4.95. The normalized spacial score (nSPS) is 24.9. The minimum absolute atomic E-state index is 0.363. The number of rotatable bonds is 8. The number of hydrogen-bond donors (Lipinski definition) is 2. The molecule has 2 aliphatic heterocycles. The van der Waals surface area contributed by atoms with Crippen molar-refractivity contribution >= 4 is 5.96 Å². The summed E-state index contributed by atoms with van der Waals surface area (Å²) in [6.07, 6.45) is 5.24. The molecule has 2 saturated heterocycles. The van der Waals surface area contributed by atoms with Crippen molar-refractivity contribution in [1.82, 2.24) is 10.6 Å². The lowest BCUT2D eigenvalue weighted by atomic mass is 9.96. The maximum atomic E-state index is 5.93. The van der Waals surface area contributed by atoms with Gasteiger partial charge < -0.3 is 20.1 Å². The Kier molecular flexibility index (Phi) is 6.78. The van der Waals surface area contributed by atoms with E-state index >= 15 is 0 Å². The van der Waals surface area contributed by atoms with E-state index in [0.717, 1.165) is 44.2 Å². The molecule has 0 radical (unpaired) electrons. The summed E-state index contributed by atoms with van der Waals surface area (Å²) in [6, 6.07) is 8.78. The van der Waals surface area contributed by atoms with Gasteiger partial charge in [-0.25, -0.2) is 0 Å². The Morgan fingerprint density at radius 3 is 2.69 bits per heavy atom. The Labute approximate surface area is 157 Å². The fraction of sp³-hybridized carbons (Fsp3) is 0.667. The Hall–Kier alpha value is -1.75. The van der Waals surface area contributed by atoms with E-state index in [1.807, 2.05) is 0 Å². The summed E-state index contributed by atoms with van der Waals surface area (Å²) in [5.41, 5.74) is 1.28. The van der Waals surface area contributed by atoms with Gasteiger partial charge in [0.1, 0.15) is 5.75 Å². The maximum Gasteiger partial charge on any atom is 0.191 e. The quantitative estimate of drug-likeness (QED) is 0.553. The number of fused-ring (bicyclic) bond motifs is 2. The third kappa shape index (κ3) is 5.37. The van der Waals surface area contributed by atoms with Crippen molar-refractivity contribution in [3.05, 3.63) is 29.8 Å². The highest BCUT2D eigenvalue weighted by Gasteiger charge is 2.41. The number of guanidine groups is 1. The first-order chi connectivity index (χ1) is 12.6. The van der Waals surface area contributed by atoms with Gasteiger partial charge in [-0.15, -0.1) is 0 Å². The van der Waals surface area contributed by atoms with E-state index in [2.05, 4.69) is 55.7 Å². The Morgan fingerprint density at radius 2 is 2.08 bits per heavy atom. The van der Waals surface area contributed by atoms with Crippen LogP contribution in [0.5, 0.6) is 5.75 Å². The molecule has 2 fully saturated rings. The molecule has 1 aromatic rings. The van der Waals surface area contributed by atoms with E-state index in [9.17, 15) is 0 Å². The van der Waals surface area contributed by atoms with Gasteiger partial charge in [-0.1, -0.05) is 26.0 Å². The first kappa shape index (κ1) is 19.0. The van der Waals surface area contributed by atoms with Crippen LogP contribution in [0.3, 0.4) is 0 Å². The molecule has 0 aliphatic carbocycles. The molecule has 144 valence electrons. The predicted molar refractivity (Wildman–Crippen MR) is 106 cm³/mol. The van der Waals surface area contributed by atoms with Gasteiger partial charge in [-0.2, -0.15) is 0 Å². The summed E-state index contributed by atoms with van der Waals surface area (Å²) in [5.74, 6) is 2.39. The van der Waals surface area contributed by atoms with Crippen LogP contribution in [0.1, 0.15) is 45.6 Å². The Morgan fingerprint density at radius 1 is 1.27 bits per heavy atom. The minimum atomic E-state index is 0.363. The van der Waals surface area contributed by atoms with Crippen LogP contribution < -0.4 is 15.4 Å². The molecule has 0 amide bonds. The highest BCUT2D eigenvalue weighted by Crippen LogP contribution is 2.34. The molecule has 1 aromatic carbocycles. The zero-order valence-corrected chi connectivity index (χ0v) is 16.3. The van der Waals surface area contributed by atoms with E-state index in [-0.39, 0.29) is 0 Å².